The summed E-state index contributed by atoms with van der Waals surface area (Å²) in [7, 11) is -4.30. The first kappa shape index (κ1) is 21.1. The van der Waals surface area contributed by atoms with Gasteiger partial charge in [-0.2, -0.15) is 18.6 Å². The van der Waals surface area contributed by atoms with Crippen LogP contribution in [0.1, 0.15) is 11.1 Å². The lowest BCUT2D eigenvalue weighted by Crippen LogP contribution is -1.96. The Morgan fingerprint density at radius 2 is 1.27 bits per heavy atom. The Morgan fingerprint density at radius 3 is 1.87 bits per heavy atom. The Balaban J connectivity index is 1.88. The second kappa shape index (κ2) is 8.39. The van der Waals surface area contributed by atoms with Crippen molar-refractivity contribution < 1.29 is 23.2 Å². The Bertz CT molecular complexity index is 1250. The number of nitrogens with zero attached hydrogens (tertiary/aromatic N) is 4. The fourth-order valence-corrected chi connectivity index (χ4v) is 2.93. The lowest BCUT2D eigenvalue weighted by Gasteiger charge is -2.04. The molecule has 0 aromatic heterocycles. The third-order valence-electron chi connectivity index (χ3n) is 4.11. The van der Waals surface area contributed by atoms with Gasteiger partial charge in [0, 0.05) is 12.1 Å². The first-order chi connectivity index (χ1) is 14.1. The molecule has 0 saturated heterocycles. The van der Waals surface area contributed by atoms with E-state index >= 15 is 0 Å². The molecule has 30 heavy (non-hydrogen) atoms. The molecule has 0 fully saturated rings. The number of hydrogen-bond acceptors (Lipinski definition) is 8. The van der Waals surface area contributed by atoms with Gasteiger partial charge in [-0.25, -0.2) is 0 Å². The highest BCUT2D eigenvalue weighted by Gasteiger charge is 2.10. The lowest BCUT2D eigenvalue weighted by molar-refractivity contribution is 0.452. The Labute approximate surface area is 172 Å². The van der Waals surface area contributed by atoms with Crippen LogP contribution in [0.4, 0.5) is 22.7 Å². The Kier molecular flexibility index (Phi) is 5.90. The summed E-state index contributed by atoms with van der Waals surface area (Å²) in [5.41, 5.74) is 2.97. The smallest absolute Gasteiger partial charge is 0.294 e. The predicted molar refractivity (Wildman–Crippen MR) is 110 cm³/mol. The molecule has 0 atom stereocenters. The van der Waals surface area contributed by atoms with Gasteiger partial charge < -0.3 is 10.2 Å². The zero-order chi connectivity index (χ0) is 21.9. The van der Waals surface area contributed by atoms with Crippen molar-refractivity contribution in [1.29, 1.82) is 0 Å². The number of phenols is 2. The highest BCUT2D eigenvalue weighted by Crippen LogP contribution is 2.40. The molecule has 0 heterocycles. The van der Waals surface area contributed by atoms with Crippen LogP contribution in [0.15, 0.2) is 79.9 Å². The number of rotatable bonds is 5. The highest BCUT2D eigenvalue weighted by molar-refractivity contribution is 7.85. The highest BCUT2D eigenvalue weighted by atomic mass is 32.2. The summed E-state index contributed by atoms with van der Waals surface area (Å²) in [6, 6.07) is 13.1. The van der Waals surface area contributed by atoms with Crippen molar-refractivity contribution in [3.05, 3.63) is 65.7 Å². The molecule has 0 aliphatic carbocycles. The minimum absolute atomic E-state index is 0.0292. The van der Waals surface area contributed by atoms with E-state index in [1.807, 2.05) is 32.0 Å². The van der Waals surface area contributed by atoms with E-state index in [4.69, 9.17) is 4.55 Å². The van der Waals surface area contributed by atoms with Crippen molar-refractivity contribution >= 4 is 32.9 Å². The van der Waals surface area contributed by atoms with Crippen LogP contribution in [0, 0.1) is 13.8 Å². The normalized spacial score (nSPS) is 12.1. The SMILES string of the molecule is Cc1ccc(C)c(N=Nc2cc(N=Nc3ccc(S(=O)(=O)O)cc3)c(O)cc2O)c1. The van der Waals surface area contributed by atoms with Crippen LogP contribution in [0.3, 0.4) is 0 Å². The summed E-state index contributed by atoms with van der Waals surface area (Å²) in [5, 5.41) is 36.1. The quantitative estimate of drug-likeness (QED) is 0.349. The summed E-state index contributed by atoms with van der Waals surface area (Å²) in [4.78, 5) is -0.275. The maximum Gasteiger partial charge on any atom is 0.294 e. The summed E-state index contributed by atoms with van der Waals surface area (Å²) < 4.78 is 31.1. The van der Waals surface area contributed by atoms with E-state index < -0.39 is 10.1 Å². The van der Waals surface area contributed by atoms with E-state index in [0.717, 1.165) is 17.2 Å². The van der Waals surface area contributed by atoms with Crippen molar-refractivity contribution in [3.63, 3.8) is 0 Å². The molecular formula is C20H18N4O5S. The van der Waals surface area contributed by atoms with Crippen LogP contribution < -0.4 is 0 Å². The third-order valence-corrected chi connectivity index (χ3v) is 4.98. The second-order valence-electron chi connectivity index (χ2n) is 6.49. The molecule has 0 saturated carbocycles. The van der Waals surface area contributed by atoms with E-state index in [1.165, 1.54) is 30.3 Å². The van der Waals surface area contributed by atoms with Gasteiger partial charge in [-0.1, -0.05) is 12.1 Å². The molecule has 0 radical (unpaired) electrons. The third kappa shape index (κ3) is 5.04. The molecule has 9 nitrogen and oxygen atoms in total. The van der Waals surface area contributed by atoms with Gasteiger partial charge in [-0.15, -0.1) is 10.2 Å². The first-order valence-corrected chi connectivity index (χ1v) is 10.1. The number of azo groups is 2. The molecule has 10 heteroatoms. The van der Waals surface area contributed by atoms with Gasteiger partial charge in [-0.3, -0.25) is 4.55 Å². The van der Waals surface area contributed by atoms with Crippen LogP contribution >= 0.6 is 0 Å². The van der Waals surface area contributed by atoms with Crippen LogP contribution in [0.25, 0.3) is 0 Å². The van der Waals surface area contributed by atoms with E-state index in [9.17, 15) is 18.6 Å². The van der Waals surface area contributed by atoms with Crippen LogP contribution in [-0.4, -0.2) is 23.2 Å². The van der Waals surface area contributed by atoms with Gasteiger partial charge in [0.1, 0.15) is 22.9 Å². The topological polar surface area (TPSA) is 144 Å². The average molecular weight is 426 g/mol. The largest absolute Gasteiger partial charge is 0.505 e. The fourth-order valence-electron chi connectivity index (χ4n) is 2.45. The minimum Gasteiger partial charge on any atom is -0.505 e. The van der Waals surface area contributed by atoms with Crippen molar-refractivity contribution in [1.82, 2.24) is 0 Å². The van der Waals surface area contributed by atoms with E-state index in [2.05, 4.69) is 20.5 Å². The molecule has 3 N–H and O–H groups in total. The number of aromatic hydroxyl groups is 2. The molecule has 0 spiro atoms. The molecule has 0 aliphatic rings. The molecule has 3 aromatic carbocycles. The minimum atomic E-state index is -4.30. The van der Waals surface area contributed by atoms with Crippen molar-refractivity contribution in [2.24, 2.45) is 20.5 Å². The molecule has 0 amide bonds. The van der Waals surface area contributed by atoms with Crippen LogP contribution in [-0.2, 0) is 10.1 Å². The van der Waals surface area contributed by atoms with Crippen molar-refractivity contribution in [3.8, 4) is 11.5 Å². The zero-order valence-corrected chi connectivity index (χ0v) is 16.9. The van der Waals surface area contributed by atoms with Gasteiger partial charge in [-0.05, 0) is 55.3 Å². The maximum absolute atomic E-state index is 11.1. The molecule has 0 aliphatic heterocycles. The fraction of sp³-hybridized carbons (Fsp3) is 0.100. The second-order valence-corrected chi connectivity index (χ2v) is 7.91. The number of phenolic OH excluding ortho intramolecular Hbond substituents is 2. The Morgan fingerprint density at radius 1 is 0.700 bits per heavy atom. The first-order valence-electron chi connectivity index (χ1n) is 8.68. The zero-order valence-electron chi connectivity index (χ0n) is 16.1. The lowest BCUT2D eigenvalue weighted by atomic mass is 10.1. The van der Waals surface area contributed by atoms with E-state index in [-0.39, 0.29) is 33.5 Å². The van der Waals surface area contributed by atoms with Gasteiger partial charge in [0.05, 0.1) is 16.3 Å². The summed E-state index contributed by atoms with van der Waals surface area (Å²) in [6.07, 6.45) is 0. The van der Waals surface area contributed by atoms with Gasteiger partial charge in [0.2, 0.25) is 0 Å². The maximum atomic E-state index is 11.1. The van der Waals surface area contributed by atoms with Crippen molar-refractivity contribution in [2.45, 2.75) is 18.7 Å². The van der Waals surface area contributed by atoms with Gasteiger partial charge in [0.15, 0.2) is 0 Å². The van der Waals surface area contributed by atoms with Gasteiger partial charge >= 0.3 is 0 Å². The van der Waals surface area contributed by atoms with E-state index in [0.29, 0.717) is 5.69 Å². The van der Waals surface area contributed by atoms with E-state index in [1.54, 1.807) is 0 Å². The van der Waals surface area contributed by atoms with Crippen molar-refractivity contribution in [2.75, 3.05) is 0 Å². The summed E-state index contributed by atoms with van der Waals surface area (Å²) in [6.45, 7) is 3.81. The monoisotopic (exact) mass is 426 g/mol. The average Bonchev–Trinajstić information content (AvgIpc) is 2.68. The van der Waals surface area contributed by atoms with Crippen LogP contribution in [0.2, 0.25) is 0 Å². The molecule has 0 unspecified atom stereocenters. The molecule has 0 bridgehead atoms. The predicted octanol–water partition coefficient (Wildman–Crippen LogP) is 5.79. The molecule has 154 valence electrons. The van der Waals surface area contributed by atoms with Crippen LogP contribution in [0.5, 0.6) is 11.5 Å². The Hall–Kier alpha value is -3.63. The number of aryl methyl sites for hydroxylation is 2. The number of hydrogen-bond donors (Lipinski definition) is 3. The number of benzene rings is 3. The summed E-state index contributed by atoms with van der Waals surface area (Å²) in [5.74, 6) is -0.602. The standard InChI is InChI=1S/C20H18N4O5S/c1-12-3-4-13(2)16(9-12)22-24-18-10-17(19(25)11-20(18)26)23-21-14-5-7-15(8-6-14)30(27,28)29/h3-11,25-26H,1-2H3,(H,27,28,29). The molecule has 3 rings (SSSR count). The van der Waals surface area contributed by atoms with Gasteiger partial charge in [0.25, 0.3) is 10.1 Å². The molecule has 3 aromatic rings. The molecular weight excluding hydrogens is 408 g/mol. The summed E-state index contributed by atoms with van der Waals surface area (Å²) >= 11 is 0.